The first-order chi connectivity index (χ1) is 29.1. The second-order valence-corrected chi connectivity index (χ2v) is 15.8. The van der Waals surface area contributed by atoms with Crippen LogP contribution >= 0.6 is 0 Å². The average molecular weight is 759 g/mol. The summed E-state index contributed by atoms with van der Waals surface area (Å²) in [5.74, 6) is 0.246. The highest BCUT2D eigenvalue weighted by atomic mass is 14.3. The summed E-state index contributed by atoms with van der Waals surface area (Å²) in [7, 11) is 0. The van der Waals surface area contributed by atoms with Gasteiger partial charge in [0.2, 0.25) is 0 Å². The van der Waals surface area contributed by atoms with Crippen LogP contribution in [0, 0.1) is 5.92 Å². The molecular weight excluding hydrogens is 709 g/mol. The fourth-order valence-corrected chi connectivity index (χ4v) is 9.28. The Kier molecular flexibility index (Phi) is 10.9. The topological polar surface area (TPSA) is 0 Å². The minimum atomic E-state index is 0.246. The molecule has 6 aromatic rings. The zero-order chi connectivity index (χ0) is 40.1. The van der Waals surface area contributed by atoms with E-state index in [9.17, 15) is 0 Å². The van der Waals surface area contributed by atoms with E-state index >= 15 is 0 Å². The minimum absolute atomic E-state index is 0.246. The molecule has 10 rings (SSSR count). The van der Waals surface area contributed by atoms with E-state index in [1.54, 1.807) is 0 Å². The van der Waals surface area contributed by atoms with Crippen molar-refractivity contribution in [1.82, 2.24) is 0 Å². The van der Waals surface area contributed by atoms with E-state index in [0.717, 1.165) is 36.1 Å². The van der Waals surface area contributed by atoms with E-state index in [2.05, 4.69) is 195 Å². The van der Waals surface area contributed by atoms with Gasteiger partial charge >= 0.3 is 0 Å². The molecule has 0 N–H and O–H groups in total. The third kappa shape index (κ3) is 7.44. The summed E-state index contributed by atoms with van der Waals surface area (Å²) in [6.45, 7) is 8.35. The Hall–Kier alpha value is -6.76. The summed E-state index contributed by atoms with van der Waals surface area (Å²) < 4.78 is 0. The van der Waals surface area contributed by atoms with Gasteiger partial charge in [-0.2, -0.15) is 0 Å². The smallest absolute Gasteiger partial charge is 0.0142 e. The normalized spacial score (nSPS) is 17.6. The van der Waals surface area contributed by atoms with Gasteiger partial charge in [0.05, 0.1) is 0 Å². The predicted molar refractivity (Wildman–Crippen MR) is 255 cm³/mol. The van der Waals surface area contributed by atoms with Crippen molar-refractivity contribution >= 4 is 46.2 Å². The standard InChI is InChI=1S/C55H42.C4H8/c1-37-17-5-6-20-39(37)35-52(38-18-3-2-4-19-38)40-22-15-24-43(33-40)54-48-29-11-13-31-50(48)55(51-32-14-12-30-49(51)54)44-25-16-23-41(34-44)53-36-42-21-7-8-26-45(42)46-27-9-10-28-47(46)53;1-3-4-2/h2-9,11-18,20-27,29-31,33-36,51H,1,10,19,28,32H2;3-4H,1-2H3/b39-35-,52-38+;4-3-. The molecule has 0 aliphatic heterocycles. The number of allylic oxidation sites excluding steroid dienone is 13. The van der Waals surface area contributed by atoms with E-state index in [-0.39, 0.29) is 5.92 Å². The van der Waals surface area contributed by atoms with Gasteiger partial charge in [-0.1, -0.05) is 183 Å². The summed E-state index contributed by atoms with van der Waals surface area (Å²) in [6.07, 6.45) is 30.8. The summed E-state index contributed by atoms with van der Waals surface area (Å²) in [5.41, 5.74) is 16.0. The largest absolute Gasteiger partial charge is 0.0919 e. The molecule has 0 saturated carbocycles. The fourth-order valence-electron chi connectivity index (χ4n) is 9.28. The summed E-state index contributed by atoms with van der Waals surface area (Å²) in [6, 6.07) is 47.4. The number of rotatable bonds is 5. The number of fused-ring (bicyclic) bond motifs is 5. The molecule has 0 heteroatoms. The minimum Gasteiger partial charge on any atom is -0.0919 e. The van der Waals surface area contributed by atoms with E-state index in [0.29, 0.717) is 0 Å². The molecule has 0 radical (unpaired) electrons. The van der Waals surface area contributed by atoms with Crippen molar-refractivity contribution in [2.45, 2.75) is 39.5 Å². The second-order valence-electron chi connectivity index (χ2n) is 15.8. The first-order valence-electron chi connectivity index (χ1n) is 21.2. The first kappa shape index (κ1) is 37.8. The van der Waals surface area contributed by atoms with E-state index in [1.165, 1.54) is 88.0 Å². The highest BCUT2D eigenvalue weighted by Gasteiger charge is 2.30. The summed E-state index contributed by atoms with van der Waals surface area (Å²) in [4.78, 5) is 0. The Labute approximate surface area is 349 Å². The number of hydrogen-bond acceptors (Lipinski definition) is 0. The van der Waals surface area contributed by atoms with Crippen LogP contribution in [0.5, 0.6) is 0 Å². The molecule has 0 amide bonds. The molecule has 0 saturated heterocycles. The van der Waals surface area contributed by atoms with Crippen molar-refractivity contribution in [2.24, 2.45) is 5.92 Å². The monoisotopic (exact) mass is 758 g/mol. The van der Waals surface area contributed by atoms with E-state index in [4.69, 9.17) is 0 Å². The molecule has 4 aliphatic rings. The maximum Gasteiger partial charge on any atom is 0.0142 e. The zero-order valence-corrected chi connectivity index (χ0v) is 34.2. The molecule has 1 unspecified atom stereocenters. The van der Waals surface area contributed by atoms with Crippen LogP contribution in [-0.2, 0) is 6.42 Å². The van der Waals surface area contributed by atoms with Gasteiger partial charge in [-0.15, -0.1) is 0 Å². The molecule has 1 atom stereocenters. The molecule has 0 heterocycles. The lowest BCUT2D eigenvalue weighted by Gasteiger charge is -2.31. The predicted octanol–water partition coefficient (Wildman–Crippen LogP) is 12.1. The SMILES string of the molecule is C/C=C\C.C=c1cccc/c1=C/C(=C1/C=CC=CC1)c1cccc(C2=c3ccccc3=C(c3cccc(-c4cc5ccccc5c5c4CCC=C5)c3)C3CC=CC=C23)c1. The molecular formula is C59H50. The average Bonchev–Trinajstić information content (AvgIpc) is 3.30. The van der Waals surface area contributed by atoms with Crippen LogP contribution < -0.4 is 20.9 Å². The van der Waals surface area contributed by atoms with Crippen LogP contribution in [-0.4, -0.2) is 0 Å². The van der Waals surface area contributed by atoms with Gasteiger partial charge in [-0.3, -0.25) is 0 Å². The highest BCUT2D eigenvalue weighted by Crippen LogP contribution is 2.43. The summed E-state index contributed by atoms with van der Waals surface area (Å²) in [5, 5.41) is 7.46. The lowest BCUT2D eigenvalue weighted by molar-refractivity contribution is 0.798. The quantitative estimate of drug-likeness (QED) is 0.154. The van der Waals surface area contributed by atoms with Crippen LogP contribution in [0.2, 0.25) is 0 Å². The molecule has 286 valence electrons. The van der Waals surface area contributed by atoms with E-state index < -0.39 is 0 Å². The number of benzene rings is 6. The molecule has 0 aromatic heterocycles. The van der Waals surface area contributed by atoms with Gasteiger partial charge in [0.25, 0.3) is 0 Å². The van der Waals surface area contributed by atoms with Gasteiger partial charge in [0.15, 0.2) is 0 Å². The third-order valence-corrected chi connectivity index (χ3v) is 12.2. The van der Waals surface area contributed by atoms with Crippen LogP contribution in [0.3, 0.4) is 0 Å². The highest BCUT2D eigenvalue weighted by molar-refractivity contribution is 5.98. The third-order valence-electron chi connectivity index (χ3n) is 12.2. The molecule has 4 aliphatic carbocycles. The Bertz CT molecular complexity index is 3070. The van der Waals surface area contributed by atoms with Crippen molar-refractivity contribution in [2.75, 3.05) is 0 Å². The maximum absolute atomic E-state index is 4.35. The second kappa shape index (κ2) is 17.0. The first-order valence-corrected chi connectivity index (χ1v) is 21.2. The van der Waals surface area contributed by atoms with Crippen molar-refractivity contribution < 1.29 is 0 Å². The van der Waals surface area contributed by atoms with Crippen molar-refractivity contribution in [1.29, 1.82) is 0 Å². The molecule has 0 bridgehead atoms. The van der Waals surface area contributed by atoms with Gasteiger partial charge < -0.3 is 0 Å². The Morgan fingerprint density at radius 3 is 2.29 bits per heavy atom. The summed E-state index contributed by atoms with van der Waals surface area (Å²) >= 11 is 0. The molecule has 0 nitrogen and oxygen atoms in total. The van der Waals surface area contributed by atoms with Gasteiger partial charge in [0.1, 0.15) is 0 Å². The van der Waals surface area contributed by atoms with Gasteiger partial charge in [-0.05, 0) is 162 Å². The molecule has 6 aromatic carbocycles. The molecule has 0 fully saturated rings. The van der Waals surface area contributed by atoms with Crippen molar-refractivity contribution in [3.8, 4) is 11.1 Å². The van der Waals surface area contributed by atoms with E-state index in [1.807, 2.05) is 26.0 Å². The van der Waals surface area contributed by atoms with Crippen LogP contribution in [0.4, 0.5) is 0 Å². The van der Waals surface area contributed by atoms with Crippen molar-refractivity contribution in [3.63, 3.8) is 0 Å². The lowest BCUT2D eigenvalue weighted by atomic mass is 9.72. The Morgan fingerprint density at radius 1 is 0.661 bits per heavy atom. The Morgan fingerprint density at radius 2 is 1.44 bits per heavy atom. The number of hydrogen-bond donors (Lipinski definition) is 0. The van der Waals surface area contributed by atoms with Crippen molar-refractivity contribution in [3.05, 3.63) is 248 Å². The van der Waals surface area contributed by atoms with Gasteiger partial charge in [-0.25, -0.2) is 0 Å². The van der Waals surface area contributed by atoms with Gasteiger partial charge in [0, 0.05) is 5.92 Å². The zero-order valence-electron chi connectivity index (χ0n) is 34.2. The fraction of sp³-hybridized carbons (Fsp3) is 0.119. The van der Waals surface area contributed by atoms with Crippen LogP contribution in [0.1, 0.15) is 60.9 Å². The molecule has 59 heavy (non-hydrogen) atoms. The van der Waals surface area contributed by atoms with Crippen LogP contribution in [0.15, 0.2) is 199 Å². The van der Waals surface area contributed by atoms with Crippen LogP contribution in [0.25, 0.3) is 57.3 Å². The maximum atomic E-state index is 4.35. The lowest BCUT2D eigenvalue weighted by Crippen LogP contribution is -2.37. The molecule has 0 spiro atoms. The Balaban J connectivity index is 0.00000108.